The van der Waals surface area contributed by atoms with Crippen molar-refractivity contribution in [2.24, 2.45) is 0 Å². The molecule has 3 rings (SSSR count). The number of piperazine rings is 1. The highest BCUT2D eigenvalue weighted by molar-refractivity contribution is 7.91. The zero-order valence-electron chi connectivity index (χ0n) is 15.2. The lowest BCUT2D eigenvalue weighted by Crippen LogP contribution is -2.45. The van der Waals surface area contributed by atoms with Crippen LogP contribution in [0.25, 0.3) is 10.6 Å². The van der Waals surface area contributed by atoms with Gasteiger partial charge >= 0.3 is 6.18 Å². The van der Waals surface area contributed by atoms with E-state index in [1.54, 1.807) is 0 Å². The first-order chi connectivity index (χ1) is 13.1. The van der Waals surface area contributed by atoms with E-state index in [0.29, 0.717) is 13.0 Å². The Hall–Kier alpha value is -1.47. The summed E-state index contributed by atoms with van der Waals surface area (Å²) in [5, 5.41) is 2.98. The Balaban J connectivity index is 1.54. The smallest absolute Gasteiger partial charge is 0.355 e. The molecule has 0 spiro atoms. The van der Waals surface area contributed by atoms with Crippen molar-refractivity contribution in [3.63, 3.8) is 0 Å². The summed E-state index contributed by atoms with van der Waals surface area (Å²) in [6, 6.07) is 3.51. The zero-order chi connectivity index (χ0) is 20.4. The summed E-state index contributed by atoms with van der Waals surface area (Å²) in [5.74, 6) is -0.117. The van der Waals surface area contributed by atoms with Gasteiger partial charge in [-0.2, -0.15) is 13.2 Å². The van der Waals surface area contributed by atoms with Gasteiger partial charge in [-0.05, 0) is 32.1 Å². The first kappa shape index (κ1) is 21.2. The van der Waals surface area contributed by atoms with Crippen LogP contribution in [-0.4, -0.2) is 69.7 Å². The third-order valence-electron chi connectivity index (χ3n) is 4.43. The van der Waals surface area contributed by atoms with Gasteiger partial charge in [-0.3, -0.25) is 0 Å². The molecule has 7 nitrogen and oxygen atoms in total. The van der Waals surface area contributed by atoms with Crippen LogP contribution in [0.4, 0.5) is 13.2 Å². The van der Waals surface area contributed by atoms with Crippen molar-refractivity contribution in [2.75, 3.05) is 46.3 Å². The van der Waals surface area contributed by atoms with Crippen LogP contribution in [0.2, 0.25) is 0 Å². The van der Waals surface area contributed by atoms with Crippen molar-refractivity contribution in [3.8, 4) is 10.6 Å². The second-order valence-corrected chi connectivity index (χ2v) is 9.67. The molecule has 0 bridgehead atoms. The molecule has 2 aromatic rings. The lowest BCUT2D eigenvalue weighted by molar-refractivity contribution is -0.142. The summed E-state index contributed by atoms with van der Waals surface area (Å²) in [6.07, 6.45) is -3.93. The molecule has 0 aliphatic carbocycles. The van der Waals surface area contributed by atoms with E-state index in [4.69, 9.17) is 4.52 Å². The highest BCUT2D eigenvalue weighted by Gasteiger charge is 2.35. The molecule has 0 atom stereocenters. The standard InChI is InChI=1S/C16H21F3N4O3S2/c1-22-7-9-23(10-8-22)6-2-5-20-28(24,25)15-4-3-13(27-15)12-11-14(21-26-12)16(17,18)19/h3-4,11,20H,2,5-10H2,1H3. The minimum absolute atomic E-state index is 0.0204. The number of sulfonamides is 1. The first-order valence-corrected chi connectivity index (χ1v) is 11.0. The van der Waals surface area contributed by atoms with Gasteiger partial charge in [0.25, 0.3) is 0 Å². The molecule has 1 N–H and O–H groups in total. The molecule has 1 fully saturated rings. The van der Waals surface area contributed by atoms with Gasteiger partial charge in [0.05, 0.1) is 4.88 Å². The van der Waals surface area contributed by atoms with E-state index >= 15 is 0 Å². The third-order valence-corrected chi connectivity index (χ3v) is 7.48. The molecule has 1 aliphatic rings. The summed E-state index contributed by atoms with van der Waals surface area (Å²) in [7, 11) is -1.65. The number of likely N-dealkylation sites (N-methyl/N-ethyl adjacent to an activating group) is 1. The van der Waals surface area contributed by atoms with Crippen LogP contribution < -0.4 is 4.72 Å². The van der Waals surface area contributed by atoms with Gasteiger partial charge in [0.1, 0.15) is 4.21 Å². The van der Waals surface area contributed by atoms with Gasteiger partial charge in [-0.1, -0.05) is 5.16 Å². The van der Waals surface area contributed by atoms with Crippen LogP contribution in [-0.2, 0) is 16.2 Å². The van der Waals surface area contributed by atoms with Crippen molar-refractivity contribution in [2.45, 2.75) is 16.8 Å². The molecule has 1 aliphatic heterocycles. The minimum atomic E-state index is -4.61. The highest BCUT2D eigenvalue weighted by Crippen LogP contribution is 2.35. The van der Waals surface area contributed by atoms with E-state index < -0.39 is 21.9 Å². The van der Waals surface area contributed by atoms with Crippen molar-refractivity contribution >= 4 is 21.4 Å². The molecule has 156 valence electrons. The van der Waals surface area contributed by atoms with Gasteiger partial charge in [-0.25, -0.2) is 13.1 Å². The topological polar surface area (TPSA) is 78.7 Å². The second kappa shape index (κ2) is 8.49. The number of alkyl halides is 3. The average Bonchev–Trinajstić information content (AvgIpc) is 3.29. The van der Waals surface area contributed by atoms with Crippen molar-refractivity contribution in [3.05, 3.63) is 23.9 Å². The molecule has 0 amide bonds. The zero-order valence-corrected chi connectivity index (χ0v) is 16.8. The van der Waals surface area contributed by atoms with E-state index in [1.807, 2.05) is 0 Å². The molecular weight excluding hydrogens is 417 g/mol. The van der Waals surface area contributed by atoms with E-state index in [0.717, 1.165) is 50.1 Å². The van der Waals surface area contributed by atoms with Gasteiger partial charge < -0.3 is 14.3 Å². The van der Waals surface area contributed by atoms with Crippen LogP contribution in [0.5, 0.6) is 0 Å². The number of thiophene rings is 1. The van der Waals surface area contributed by atoms with E-state index in [-0.39, 0.29) is 14.8 Å². The second-order valence-electron chi connectivity index (χ2n) is 6.59. The maximum absolute atomic E-state index is 12.6. The number of hydrogen-bond acceptors (Lipinski definition) is 7. The largest absolute Gasteiger partial charge is 0.436 e. The summed E-state index contributed by atoms with van der Waals surface area (Å²) < 4.78 is 69.8. The molecule has 2 aromatic heterocycles. The van der Waals surface area contributed by atoms with Crippen molar-refractivity contribution < 1.29 is 26.1 Å². The molecule has 28 heavy (non-hydrogen) atoms. The number of rotatable bonds is 7. The van der Waals surface area contributed by atoms with E-state index in [9.17, 15) is 21.6 Å². The number of aromatic nitrogens is 1. The Morgan fingerprint density at radius 1 is 1.25 bits per heavy atom. The third kappa shape index (κ3) is 5.32. The molecular formula is C16H21F3N4O3S2. The van der Waals surface area contributed by atoms with Crippen LogP contribution in [0.1, 0.15) is 12.1 Å². The van der Waals surface area contributed by atoms with Crippen LogP contribution in [0, 0.1) is 0 Å². The SMILES string of the molecule is CN1CCN(CCCNS(=O)(=O)c2ccc(-c3cc(C(F)(F)F)no3)s2)CC1. The average molecular weight is 438 g/mol. The maximum atomic E-state index is 12.6. The van der Waals surface area contributed by atoms with Gasteiger partial charge in [0.15, 0.2) is 11.5 Å². The molecule has 3 heterocycles. The van der Waals surface area contributed by atoms with E-state index in [1.165, 1.54) is 12.1 Å². The van der Waals surface area contributed by atoms with Crippen LogP contribution in [0.3, 0.4) is 0 Å². The lowest BCUT2D eigenvalue weighted by Gasteiger charge is -2.32. The lowest BCUT2D eigenvalue weighted by atomic mass is 10.3. The number of hydrogen-bond donors (Lipinski definition) is 1. The fourth-order valence-corrected chi connectivity index (χ4v) is 5.15. The molecule has 0 unspecified atom stereocenters. The first-order valence-electron chi connectivity index (χ1n) is 8.70. The predicted molar refractivity (Wildman–Crippen MR) is 98.6 cm³/mol. The minimum Gasteiger partial charge on any atom is -0.355 e. The Morgan fingerprint density at radius 3 is 2.61 bits per heavy atom. The fraction of sp³-hybridized carbons (Fsp3) is 0.562. The summed E-state index contributed by atoms with van der Waals surface area (Å²) >= 11 is 0.836. The molecule has 0 saturated carbocycles. The molecule has 0 aromatic carbocycles. The van der Waals surface area contributed by atoms with E-state index in [2.05, 4.69) is 26.7 Å². The van der Waals surface area contributed by atoms with Gasteiger partial charge in [0, 0.05) is 38.8 Å². The normalized spacial score (nSPS) is 17.3. The summed E-state index contributed by atoms with van der Waals surface area (Å²) in [5.41, 5.74) is -1.15. The Bertz CT molecular complexity index is 887. The van der Waals surface area contributed by atoms with Crippen molar-refractivity contribution in [1.82, 2.24) is 19.7 Å². The number of halogens is 3. The molecule has 12 heteroatoms. The van der Waals surface area contributed by atoms with Crippen molar-refractivity contribution in [1.29, 1.82) is 0 Å². The number of nitrogens with zero attached hydrogens (tertiary/aromatic N) is 3. The van der Waals surface area contributed by atoms with Gasteiger partial charge in [-0.15, -0.1) is 11.3 Å². The Labute approximate surface area is 165 Å². The maximum Gasteiger partial charge on any atom is 0.436 e. The monoisotopic (exact) mass is 438 g/mol. The molecule has 0 radical (unpaired) electrons. The van der Waals surface area contributed by atoms with Crippen LogP contribution in [0.15, 0.2) is 26.9 Å². The van der Waals surface area contributed by atoms with Gasteiger partial charge in [0.2, 0.25) is 10.0 Å². The Kier molecular flexibility index (Phi) is 6.44. The summed E-state index contributed by atoms with van der Waals surface area (Å²) in [6.45, 7) is 5.04. The van der Waals surface area contributed by atoms with Crippen LogP contribution >= 0.6 is 11.3 Å². The summed E-state index contributed by atoms with van der Waals surface area (Å²) in [4.78, 5) is 4.81. The quantitative estimate of drug-likeness (QED) is 0.669. The molecule has 1 saturated heterocycles. The predicted octanol–water partition coefficient (Wildman–Crippen LogP) is 2.34. The number of nitrogens with one attached hydrogen (secondary N) is 1. The fourth-order valence-electron chi connectivity index (χ4n) is 2.77. The Morgan fingerprint density at radius 2 is 1.96 bits per heavy atom. The highest BCUT2D eigenvalue weighted by atomic mass is 32.2.